The molecule has 49 heavy (non-hydrogen) atoms. The average molecular weight is 686 g/mol. The van der Waals surface area contributed by atoms with Gasteiger partial charge in [-0.25, -0.2) is 0 Å². The van der Waals surface area contributed by atoms with E-state index >= 15 is 0 Å². The average Bonchev–Trinajstić information content (AvgIpc) is 3.41. The number of carbonyl (C=O) groups excluding carboxylic acids is 1. The third-order valence-electron chi connectivity index (χ3n) is 15.4. The molecule has 11 atom stereocenters. The molecule has 1 amide bonds. The molecular formula is C45H83NO3. The summed E-state index contributed by atoms with van der Waals surface area (Å²) in [6.07, 6.45) is 32.0. The molecule has 4 heteroatoms. The van der Waals surface area contributed by atoms with Gasteiger partial charge in [-0.05, 0) is 104 Å². The Bertz CT molecular complexity index is 952. The Morgan fingerprint density at radius 2 is 1.35 bits per heavy atom. The number of hydrogen-bond acceptors (Lipinski definition) is 3. The molecule has 0 heterocycles. The van der Waals surface area contributed by atoms with Crippen molar-refractivity contribution in [1.82, 2.24) is 0 Å². The maximum atomic E-state index is 12.8. The van der Waals surface area contributed by atoms with Crippen molar-refractivity contribution in [3.63, 3.8) is 0 Å². The second-order valence-electron chi connectivity index (χ2n) is 19.1. The summed E-state index contributed by atoms with van der Waals surface area (Å²) in [6.45, 7) is 14.8. The number of primary amides is 1. The van der Waals surface area contributed by atoms with E-state index in [-0.39, 0.29) is 23.5 Å². The first kappa shape index (κ1) is 41.2. The number of ether oxygens (including phenoxy) is 1. The van der Waals surface area contributed by atoms with E-state index in [1.165, 1.54) is 135 Å². The third-order valence-corrected chi connectivity index (χ3v) is 15.4. The predicted molar refractivity (Wildman–Crippen MR) is 207 cm³/mol. The van der Waals surface area contributed by atoms with E-state index < -0.39 is 6.10 Å². The quantitative estimate of drug-likeness (QED) is 0.105. The summed E-state index contributed by atoms with van der Waals surface area (Å²) in [4.78, 5) is 12.8. The Morgan fingerprint density at radius 1 is 0.735 bits per heavy atom. The first-order valence-corrected chi connectivity index (χ1v) is 22.1. The normalized spacial score (nSPS) is 35.5. The molecule has 4 fully saturated rings. The fourth-order valence-electron chi connectivity index (χ4n) is 12.5. The van der Waals surface area contributed by atoms with Crippen LogP contribution >= 0.6 is 0 Å². The van der Waals surface area contributed by atoms with Gasteiger partial charge < -0.3 is 15.6 Å². The van der Waals surface area contributed by atoms with Crippen LogP contribution in [0.25, 0.3) is 0 Å². The molecule has 4 aliphatic carbocycles. The van der Waals surface area contributed by atoms with E-state index in [4.69, 9.17) is 10.5 Å². The number of rotatable bonds is 23. The zero-order valence-electron chi connectivity index (χ0n) is 33.5. The fraction of sp³-hybridized carbons (Fsp3) is 0.978. The number of amides is 1. The van der Waals surface area contributed by atoms with Crippen LogP contribution in [0.5, 0.6) is 0 Å². The summed E-state index contributed by atoms with van der Waals surface area (Å²) >= 11 is 0. The van der Waals surface area contributed by atoms with Crippen molar-refractivity contribution in [3.8, 4) is 0 Å². The Morgan fingerprint density at radius 3 is 1.94 bits per heavy atom. The van der Waals surface area contributed by atoms with E-state index in [9.17, 15) is 9.90 Å². The van der Waals surface area contributed by atoms with Crippen molar-refractivity contribution in [1.29, 1.82) is 0 Å². The highest BCUT2D eigenvalue weighted by molar-refractivity contribution is 5.78. The minimum atomic E-state index is -0.526. The molecule has 286 valence electrons. The lowest BCUT2D eigenvalue weighted by Crippen LogP contribution is -2.60. The monoisotopic (exact) mass is 686 g/mol. The van der Waals surface area contributed by atoms with Gasteiger partial charge in [-0.15, -0.1) is 0 Å². The molecule has 4 rings (SSSR count). The molecule has 4 aliphatic rings. The summed E-state index contributed by atoms with van der Waals surface area (Å²) in [5.41, 5.74) is 6.53. The van der Waals surface area contributed by atoms with Crippen molar-refractivity contribution in [2.75, 3.05) is 0 Å². The molecule has 2 unspecified atom stereocenters. The third kappa shape index (κ3) is 10.7. The largest absolute Gasteiger partial charge is 0.393 e. The molecule has 0 saturated heterocycles. The van der Waals surface area contributed by atoms with Crippen LogP contribution in [0.3, 0.4) is 0 Å². The number of unbranched alkanes of at least 4 members (excludes halogenated alkanes) is 13. The van der Waals surface area contributed by atoms with Gasteiger partial charge in [0.2, 0.25) is 5.91 Å². The molecule has 3 N–H and O–H groups in total. The summed E-state index contributed by atoms with van der Waals surface area (Å²) in [7, 11) is 0. The highest BCUT2D eigenvalue weighted by atomic mass is 16.5. The zero-order valence-corrected chi connectivity index (χ0v) is 33.5. The number of nitrogens with two attached hydrogens (primary N) is 1. The first-order chi connectivity index (χ1) is 23.5. The van der Waals surface area contributed by atoms with E-state index in [0.717, 1.165) is 55.3 Å². The Hall–Kier alpha value is -0.610. The molecule has 0 spiro atoms. The second kappa shape index (κ2) is 20.0. The van der Waals surface area contributed by atoms with Gasteiger partial charge in [-0.3, -0.25) is 4.79 Å². The maximum Gasteiger partial charge on any atom is 0.246 e. The van der Waals surface area contributed by atoms with Crippen LogP contribution in [0.2, 0.25) is 0 Å². The molecule has 0 aromatic carbocycles. The molecule has 0 bridgehead atoms. The number of carbonyl (C=O) groups is 1. The Labute approximate surface area is 304 Å². The first-order valence-electron chi connectivity index (χ1n) is 22.1. The number of fused-ring (bicyclic) bond motifs is 5. The van der Waals surface area contributed by atoms with E-state index in [0.29, 0.717) is 23.7 Å². The molecule has 0 aromatic rings. The zero-order chi connectivity index (χ0) is 35.4. The van der Waals surface area contributed by atoms with E-state index in [2.05, 4.69) is 41.5 Å². The Balaban J connectivity index is 1.27. The van der Waals surface area contributed by atoms with Gasteiger partial charge in [0.25, 0.3) is 0 Å². The molecule has 4 nitrogen and oxygen atoms in total. The van der Waals surface area contributed by atoms with Crippen LogP contribution in [0.1, 0.15) is 208 Å². The van der Waals surface area contributed by atoms with Crippen molar-refractivity contribution in [2.45, 2.75) is 227 Å². The van der Waals surface area contributed by atoms with Gasteiger partial charge in [-0.1, -0.05) is 151 Å². The van der Waals surface area contributed by atoms with Gasteiger partial charge in [0.05, 0.1) is 12.2 Å². The maximum absolute atomic E-state index is 12.8. The predicted octanol–water partition coefficient (Wildman–Crippen LogP) is 12.2. The molecule has 0 radical (unpaired) electrons. The van der Waals surface area contributed by atoms with Crippen molar-refractivity contribution in [3.05, 3.63) is 0 Å². The number of hydrogen-bond donors (Lipinski definition) is 2. The van der Waals surface area contributed by atoms with Crippen LogP contribution in [0.15, 0.2) is 0 Å². The van der Waals surface area contributed by atoms with E-state index in [1.54, 1.807) is 0 Å². The van der Waals surface area contributed by atoms with Crippen LogP contribution in [0.4, 0.5) is 0 Å². The minimum absolute atomic E-state index is 0.0215. The van der Waals surface area contributed by atoms with Crippen molar-refractivity contribution >= 4 is 5.91 Å². The second-order valence-corrected chi connectivity index (χ2v) is 19.1. The van der Waals surface area contributed by atoms with Crippen molar-refractivity contribution in [2.24, 2.45) is 58.0 Å². The number of aliphatic hydroxyl groups excluding tert-OH is 1. The lowest BCUT2D eigenvalue weighted by molar-refractivity contribution is -0.211. The van der Waals surface area contributed by atoms with Crippen molar-refractivity contribution < 1.29 is 14.6 Å². The smallest absolute Gasteiger partial charge is 0.246 e. The summed E-state index contributed by atoms with van der Waals surface area (Å²) < 4.78 is 6.88. The highest BCUT2D eigenvalue weighted by Crippen LogP contribution is 2.68. The van der Waals surface area contributed by atoms with E-state index in [1.807, 2.05) is 0 Å². The van der Waals surface area contributed by atoms with Gasteiger partial charge in [0.15, 0.2) is 0 Å². The summed E-state index contributed by atoms with van der Waals surface area (Å²) in [6, 6.07) is 0. The Kier molecular flexibility index (Phi) is 16.8. The lowest BCUT2D eigenvalue weighted by atomic mass is 9.43. The number of aliphatic hydroxyl groups is 1. The molecule has 0 aliphatic heterocycles. The molecule has 0 aromatic heterocycles. The standard InChI is InChI=1S/C45H83NO3/c1-7-8-9-10-11-12-13-14-15-16-17-18-19-20-24-41(43(46)48)49-42-32-36(47)31-35-25-26-37-39-28-27-38(34(4)23-21-22-33(2)3)44(39,5)30-29-40(37)45(35,42)6/h33-42,47H,7-32H2,1-6H3,(H2,46,48)/t34-,35-,36+,37-,38-,39+,40+,41?,42?,44-,45+/m1/s1. The highest BCUT2D eigenvalue weighted by Gasteiger charge is 2.63. The molecule has 4 saturated carbocycles. The van der Waals surface area contributed by atoms with Crippen LogP contribution in [0, 0.1) is 52.3 Å². The SMILES string of the molecule is CCCCCCCCCCCCCCCCC(OC1C[C@@H](O)C[C@H]2CC[C@@H]3[C@@H]4CC[C@H]([C@H](C)CCCC(C)C)[C@@]4(C)CC[C@@H]3[C@@]12C)C(N)=O. The summed E-state index contributed by atoms with van der Waals surface area (Å²) in [5, 5.41) is 11.1. The van der Waals surface area contributed by atoms with Crippen LogP contribution in [-0.2, 0) is 9.53 Å². The van der Waals surface area contributed by atoms with Crippen LogP contribution in [-0.4, -0.2) is 29.3 Å². The molecular weight excluding hydrogens is 602 g/mol. The lowest BCUT2D eigenvalue weighted by Gasteiger charge is -2.63. The fourth-order valence-corrected chi connectivity index (χ4v) is 12.5. The van der Waals surface area contributed by atoms with Gasteiger partial charge >= 0.3 is 0 Å². The van der Waals surface area contributed by atoms with Crippen LogP contribution < -0.4 is 5.73 Å². The minimum Gasteiger partial charge on any atom is -0.393 e. The van der Waals surface area contributed by atoms with Gasteiger partial charge in [-0.2, -0.15) is 0 Å². The summed E-state index contributed by atoms with van der Waals surface area (Å²) in [5.74, 6) is 4.88. The topological polar surface area (TPSA) is 72.6 Å². The van der Waals surface area contributed by atoms with Gasteiger partial charge in [0.1, 0.15) is 6.10 Å². The van der Waals surface area contributed by atoms with Gasteiger partial charge in [0, 0.05) is 6.42 Å².